The Morgan fingerprint density at radius 3 is 2.48 bits per heavy atom. The fourth-order valence-corrected chi connectivity index (χ4v) is 4.86. The first kappa shape index (κ1) is 23.5. The van der Waals surface area contributed by atoms with Gasteiger partial charge in [-0.05, 0) is 23.3 Å². The molecular formula is C25H23Cl2NO5. The lowest BCUT2D eigenvalue weighted by molar-refractivity contribution is -0.155. The number of pyridine rings is 1. The first-order valence-electron chi connectivity index (χ1n) is 10.4. The molecule has 1 aliphatic rings. The predicted molar refractivity (Wildman–Crippen MR) is 124 cm³/mol. The second-order valence-electron chi connectivity index (χ2n) is 7.96. The van der Waals surface area contributed by atoms with Crippen molar-refractivity contribution in [2.24, 2.45) is 5.92 Å². The highest BCUT2D eigenvalue weighted by Crippen LogP contribution is 2.53. The standard InChI is InChI=1S/C25H23Cl2NO5/c1-32-24(31)22(20(30)14-29)23(15-5-3-2-4-6-15)25(16-7-9-17(26)10-8-16)12-19-21(33-25)11-18(27)13-28-19/h2-11,13,20,22-23,29-30H,12,14H2,1H3/t20-,22-,23+,25-/m0/s1. The molecule has 0 saturated heterocycles. The summed E-state index contributed by atoms with van der Waals surface area (Å²) < 4.78 is 11.7. The third kappa shape index (κ3) is 4.44. The molecule has 6 nitrogen and oxygen atoms in total. The maximum Gasteiger partial charge on any atom is 0.312 e. The number of ether oxygens (including phenoxy) is 2. The Bertz CT molecular complexity index is 1130. The number of aliphatic hydroxyl groups is 2. The molecule has 2 heterocycles. The van der Waals surface area contributed by atoms with E-state index < -0.39 is 36.1 Å². The van der Waals surface area contributed by atoms with E-state index in [1.807, 2.05) is 42.5 Å². The first-order chi connectivity index (χ1) is 15.9. The number of hydrogen-bond donors (Lipinski definition) is 2. The van der Waals surface area contributed by atoms with Crippen molar-refractivity contribution in [1.29, 1.82) is 0 Å². The van der Waals surface area contributed by atoms with E-state index in [9.17, 15) is 15.0 Å². The zero-order valence-electron chi connectivity index (χ0n) is 17.8. The molecule has 0 saturated carbocycles. The quantitative estimate of drug-likeness (QED) is 0.486. The van der Waals surface area contributed by atoms with Crippen molar-refractivity contribution in [3.05, 3.63) is 93.7 Å². The fourth-order valence-electron chi connectivity index (χ4n) is 4.59. The number of carbonyl (C=O) groups is 1. The summed E-state index contributed by atoms with van der Waals surface area (Å²) in [6.45, 7) is -0.628. The minimum atomic E-state index is -1.39. The van der Waals surface area contributed by atoms with Crippen LogP contribution in [0.5, 0.6) is 5.75 Å². The van der Waals surface area contributed by atoms with Crippen molar-refractivity contribution in [2.45, 2.75) is 24.0 Å². The molecule has 172 valence electrons. The van der Waals surface area contributed by atoms with Gasteiger partial charge in [-0.25, -0.2) is 0 Å². The molecule has 3 aromatic rings. The van der Waals surface area contributed by atoms with Gasteiger partial charge >= 0.3 is 5.97 Å². The maximum atomic E-state index is 13.0. The zero-order valence-corrected chi connectivity index (χ0v) is 19.3. The van der Waals surface area contributed by atoms with Gasteiger partial charge in [0.1, 0.15) is 11.4 Å². The number of methoxy groups -OCH3 is 1. The summed E-state index contributed by atoms with van der Waals surface area (Å²) in [5, 5.41) is 21.6. The predicted octanol–water partition coefficient (Wildman–Crippen LogP) is 4.15. The highest BCUT2D eigenvalue weighted by Gasteiger charge is 2.55. The fraction of sp³-hybridized carbons (Fsp3) is 0.280. The number of nitrogens with zero attached hydrogens (tertiary/aromatic N) is 1. The molecule has 1 aromatic heterocycles. The zero-order chi connectivity index (χ0) is 23.6. The molecule has 0 unspecified atom stereocenters. The monoisotopic (exact) mass is 487 g/mol. The van der Waals surface area contributed by atoms with E-state index in [1.54, 1.807) is 24.4 Å². The van der Waals surface area contributed by atoms with Crippen LogP contribution in [0.2, 0.25) is 10.0 Å². The average Bonchev–Trinajstić information content (AvgIpc) is 3.21. The highest BCUT2D eigenvalue weighted by molar-refractivity contribution is 6.30. The van der Waals surface area contributed by atoms with Gasteiger partial charge in [-0.15, -0.1) is 0 Å². The van der Waals surface area contributed by atoms with E-state index in [1.165, 1.54) is 7.11 Å². The lowest BCUT2D eigenvalue weighted by Crippen LogP contribution is -2.49. The SMILES string of the molecule is COC(=O)[C@H]([C@@H](c1ccccc1)[C@@]1(c2ccc(Cl)cc2)Cc2ncc(Cl)cc2O1)[C@@H](O)CO. The minimum Gasteiger partial charge on any atom is -0.480 e. The van der Waals surface area contributed by atoms with Crippen molar-refractivity contribution in [1.82, 2.24) is 4.98 Å². The van der Waals surface area contributed by atoms with Crippen LogP contribution >= 0.6 is 23.2 Å². The van der Waals surface area contributed by atoms with Crippen LogP contribution in [0.1, 0.15) is 22.7 Å². The Balaban J connectivity index is 1.98. The summed E-state index contributed by atoms with van der Waals surface area (Å²) in [5.41, 5.74) is 0.960. The number of benzene rings is 2. The van der Waals surface area contributed by atoms with E-state index in [4.69, 9.17) is 32.7 Å². The first-order valence-corrected chi connectivity index (χ1v) is 11.2. The average molecular weight is 488 g/mol. The van der Waals surface area contributed by atoms with E-state index in [0.717, 1.165) is 11.1 Å². The molecule has 2 N–H and O–H groups in total. The molecule has 0 aliphatic carbocycles. The second kappa shape index (κ2) is 9.69. The second-order valence-corrected chi connectivity index (χ2v) is 8.83. The third-order valence-electron chi connectivity index (χ3n) is 6.05. The smallest absolute Gasteiger partial charge is 0.312 e. The number of aromatic nitrogens is 1. The maximum absolute atomic E-state index is 13.0. The third-order valence-corrected chi connectivity index (χ3v) is 6.51. The summed E-state index contributed by atoms with van der Waals surface area (Å²) in [6, 6.07) is 18.1. The Hall–Kier alpha value is -2.64. The van der Waals surface area contributed by atoms with Gasteiger partial charge in [-0.3, -0.25) is 9.78 Å². The van der Waals surface area contributed by atoms with Crippen LogP contribution in [0.4, 0.5) is 0 Å². The molecule has 0 bridgehead atoms. The normalized spacial score (nSPS) is 19.8. The van der Waals surface area contributed by atoms with Crippen LogP contribution < -0.4 is 4.74 Å². The molecule has 0 fully saturated rings. The molecule has 4 atom stereocenters. The molecule has 33 heavy (non-hydrogen) atoms. The minimum absolute atomic E-state index is 0.298. The van der Waals surface area contributed by atoms with Gasteiger partial charge in [0.2, 0.25) is 0 Å². The summed E-state index contributed by atoms with van der Waals surface area (Å²) >= 11 is 12.3. The van der Waals surface area contributed by atoms with Gasteiger partial charge in [0, 0.05) is 29.6 Å². The largest absolute Gasteiger partial charge is 0.480 e. The number of carbonyl (C=O) groups excluding carboxylic acids is 1. The highest BCUT2D eigenvalue weighted by atomic mass is 35.5. The van der Waals surface area contributed by atoms with Crippen molar-refractivity contribution in [3.63, 3.8) is 0 Å². The Labute approximate surface area is 201 Å². The summed E-state index contributed by atoms with van der Waals surface area (Å²) in [7, 11) is 1.25. The number of hydrogen-bond acceptors (Lipinski definition) is 6. The van der Waals surface area contributed by atoms with Gasteiger partial charge < -0.3 is 19.7 Å². The molecule has 2 aromatic carbocycles. The van der Waals surface area contributed by atoms with Crippen LogP contribution in [0.3, 0.4) is 0 Å². The van der Waals surface area contributed by atoms with Gasteiger partial charge in [-0.2, -0.15) is 0 Å². The number of aliphatic hydroxyl groups excluding tert-OH is 2. The van der Waals surface area contributed by atoms with E-state index in [0.29, 0.717) is 27.9 Å². The summed E-state index contributed by atoms with van der Waals surface area (Å²) in [4.78, 5) is 17.5. The van der Waals surface area contributed by atoms with Crippen molar-refractivity contribution in [2.75, 3.05) is 13.7 Å². The van der Waals surface area contributed by atoms with Gasteiger partial charge in [0.15, 0.2) is 0 Å². The Kier molecular flexibility index (Phi) is 6.91. The van der Waals surface area contributed by atoms with Crippen LogP contribution in [-0.2, 0) is 21.6 Å². The number of halogens is 2. The van der Waals surface area contributed by atoms with Gasteiger partial charge in [0.05, 0.1) is 36.5 Å². The topological polar surface area (TPSA) is 88.9 Å². The number of rotatable bonds is 7. The van der Waals surface area contributed by atoms with Crippen molar-refractivity contribution >= 4 is 29.2 Å². The summed E-state index contributed by atoms with van der Waals surface area (Å²) in [6.07, 6.45) is 0.446. The molecule has 0 amide bonds. The molecule has 4 rings (SSSR count). The van der Waals surface area contributed by atoms with Crippen LogP contribution in [0.25, 0.3) is 0 Å². The number of fused-ring (bicyclic) bond motifs is 1. The van der Waals surface area contributed by atoms with E-state index >= 15 is 0 Å². The Morgan fingerprint density at radius 2 is 1.85 bits per heavy atom. The van der Waals surface area contributed by atoms with Gasteiger partial charge in [0.25, 0.3) is 0 Å². The van der Waals surface area contributed by atoms with E-state index in [2.05, 4.69) is 4.98 Å². The summed E-state index contributed by atoms with van der Waals surface area (Å²) in [5.74, 6) is -2.06. The lowest BCUT2D eigenvalue weighted by Gasteiger charge is -2.42. The Morgan fingerprint density at radius 1 is 1.15 bits per heavy atom. The molecule has 0 spiro atoms. The number of esters is 1. The van der Waals surface area contributed by atoms with Crippen LogP contribution in [0.15, 0.2) is 66.9 Å². The molecule has 1 aliphatic heterocycles. The van der Waals surface area contributed by atoms with Crippen molar-refractivity contribution in [3.8, 4) is 5.75 Å². The molecular weight excluding hydrogens is 465 g/mol. The van der Waals surface area contributed by atoms with Gasteiger partial charge in [-0.1, -0.05) is 65.7 Å². The van der Waals surface area contributed by atoms with Crippen molar-refractivity contribution < 1.29 is 24.5 Å². The van der Waals surface area contributed by atoms with E-state index in [-0.39, 0.29) is 0 Å². The molecule has 8 heteroatoms. The van der Waals surface area contributed by atoms with Crippen LogP contribution in [-0.4, -0.2) is 41.0 Å². The van der Waals surface area contributed by atoms with Crippen LogP contribution in [0, 0.1) is 5.92 Å². The lowest BCUT2D eigenvalue weighted by atomic mass is 9.67. The molecule has 0 radical (unpaired) electrons.